The van der Waals surface area contributed by atoms with Gasteiger partial charge in [0.15, 0.2) is 0 Å². The lowest BCUT2D eigenvalue weighted by Crippen LogP contribution is -2.34. The average molecular weight is 734 g/mol. The Bertz CT molecular complexity index is 857. The zero-order valence-electron chi connectivity index (χ0n) is 32.0. The molecular formula is C39H76NO9P. The third-order valence-corrected chi connectivity index (χ3v) is 9.73. The summed E-state index contributed by atoms with van der Waals surface area (Å²) in [5.74, 6) is -1.78. The van der Waals surface area contributed by atoms with Crippen molar-refractivity contribution in [2.24, 2.45) is 5.73 Å². The van der Waals surface area contributed by atoms with Gasteiger partial charge in [0.1, 0.15) is 12.1 Å². The van der Waals surface area contributed by atoms with Crippen molar-refractivity contribution in [3.8, 4) is 0 Å². The Hall–Kier alpha value is -1.29. The molecule has 0 radical (unpaired) electrons. The van der Waals surface area contributed by atoms with Crippen molar-refractivity contribution >= 4 is 19.8 Å². The second-order valence-electron chi connectivity index (χ2n) is 13.8. The Balaban J connectivity index is 4.17. The monoisotopic (exact) mass is 734 g/mol. The number of allylic oxidation sites excluding steroid dienone is 2. The van der Waals surface area contributed by atoms with Crippen LogP contribution in [0, 0.1) is 0 Å². The number of hydrogen-bond acceptors (Lipinski definition) is 8. The van der Waals surface area contributed by atoms with Gasteiger partial charge in [-0.15, -0.1) is 0 Å². The first-order valence-electron chi connectivity index (χ1n) is 20.2. The highest BCUT2D eigenvalue weighted by Crippen LogP contribution is 2.43. The summed E-state index contributed by atoms with van der Waals surface area (Å²) in [6.07, 6.45) is 35.6. The first kappa shape index (κ1) is 48.7. The van der Waals surface area contributed by atoms with Gasteiger partial charge in [-0.1, -0.05) is 161 Å². The maximum atomic E-state index is 12.5. The van der Waals surface area contributed by atoms with E-state index in [1.807, 2.05) is 0 Å². The number of unbranched alkanes of at least 4 members (excludes halogenated alkanes) is 23. The van der Waals surface area contributed by atoms with Gasteiger partial charge < -0.3 is 25.2 Å². The van der Waals surface area contributed by atoms with Crippen molar-refractivity contribution < 1.29 is 42.7 Å². The minimum atomic E-state index is -4.61. The van der Waals surface area contributed by atoms with E-state index in [0.717, 1.165) is 57.8 Å². The van der Waals surface area contributed by atoms with E-state index < -0.39 is 45.1 Å². The number of hydrogen-bond donors (Lipinski definition) is 3. The highest BCUT2D eigenvalue weighted by atomic mass is 31.2. The fourth-order valence-electron chi connectivity index (χ4n) is 5.61. The molecule has 0 bridgehead atoms. The molecule has 3 unspecified atom stereocenters. The van der Waals surface area contributed by atoms with Gasteiger partial charge in [-0.25, -0.2) is 4.57 Å². The average Bonchev–Trinajstić information content (AvgIpc) is 3.09. The molecular weight excluding hydrogens is 657 g/mol. The lowest BCUT2D eigenvalue weighted by atomic mass is 10.0. The Morgan fingerprint density at radius 1 is 0.620 bits per heavy atom. The lowest BCUT2D eigenvalue weighted by molar-refractivity contribution is -0.154. The molecule has 0 aromatic carbocycles. The van der Waals surface area contributed by atoms with Crippen LogP contribution in [0.3, 0.4) is 0 Å². The SMILES string of the molecule is CCC/C=C\CCCCCCCC(=O)OC(COCCCCCCCCCCCCCCCCCCCC)COP(=O)(O)OCC(N)C(=O)O. The Labute approximate surface area is 305 Å². The molecule has 0 amide bonds. The normalized spacial score (nSPS) is 14.2. The number of esters is 1. The molecule has 0 aromatic rings. The zero-order chi connectivity index (χ0) is 37.0. The first-order valence-corrected chi connectivity index (χ1v) is 21.7. The van der Waals surface area contributed by atoms with Gasteiger partial charge in [-0.3, -0.25) is 18.6 Å². The summed E-state index contributed by atoms with van der Waals surface area (Å²) >= 11 is 0. The van der Waals surface area contributed by atoms with Crippen LogP contribution in [-0.2, 0) is 32.7 Å². The molecule has 0 aliphatic carbocycles. The van der Waals surface area contributed by atoms with Crippen molar-refractivity contribution in [1.82, 2.24) is 0 Å². The first-order chi connectivity index (χ1) is 24.2. The molecule has 0 rings (SSSR count). The molecule has 0 aliphatic rings. The maximum absolute atomic E-state index is 12.5. The summed E-state index contributed by atoms with van der Waals surface area (Å²) in [5, 5.41) is 8.86. The van der Waals surface area contributed by atoms with Crippen molar-refractivity contribution in [2.75, 3.05) is 26.4 Å². The van der Waals surface area contributed by atoms with Crippen molar-refractivity contribution in [2.45, 2.75) is 199 Å². The number of rotatable bonds is 39. The van der Waals surface area contributed by atoms with Crippen LogP contribution in [0.2, 0.25) is 0 Å². The molecule has 3 atom stereocenters. The summed E-state index contributed by atoms with van der Waals surface area (Å²) in [6.45, 7) is 3.82. The number of carbonyl (C=O) groups is 2. The number of phosphoric acid groups is 1. The van der Waals surface area contributed by atoms with E-state index >= 15 is 0 Å². The molecule has 296 valence electrons. The van der Waals surface area contributed by atoms with Gasteiger partial charge in [0.2, 0.25) is 0 Å². The largest absolute Gasteiger partial charge is 0.480 e. The molecule has 50 heavy (non-hydrogen) atoms. The van der Waals surface area contributed by atoms with E-state index in [1.165, 1.54) is 103 Å². The number of aliphatic carboxylic acids is 1. The molecule has 4 N–H and O–H groups in total. The van der Waals surface area contributed by atoms with Crippen LogP contribution >= 0.6 is 7.82 Å². The number of carbonyl (C=O) groups excluding carboxylic acids is 1. The highest BCUT2D eigenvalue weighted by molar-refractivity contribution is 7.47. The van der Waals surface area contributed by atoms with Crippen LogP contribution in [-0.4, -0.2) is 60.5 Å². The number of carboxylic acid groups (broad SMARTS) is 1. The topological polar surface area (TPSA) is 155 Å². The second-order valence-corrected chi connectivity index (χ2v) is 15.2. The minimum absolute atomic E-state index is 0.0187. The number of phosphoric ester groups is 1. The molecule has 0 heterocycles. The van der Waals surface area contributed by atoms with Crippen LogP contribution < -0.4 is 5.73 Å². The predicted molar refractivity (Wildman–Crippen MR) is 203 cm³/mol. The Morgan fingerprint density at radius 2 is 1.08 bits per heavy atom. The zero-order valence-corrected chi connectivity index (χ0v) is 32.9. The van der Waals surface area contributed by atoms with E-state index in [0.29, 0.717) is 13.0 Å². The molecule has 0 fully saturated rings. The summed E-state index contributed by atoms with van der Waals surface area (Å²) in [4.78, 5) is 33.3. The van der Waals surface area contributed by atoms with E-state index in [4.69, 9.17) is 29.4 Å². The van der Waals surface area contributed by atoms with Gasteiger partial charge in [0, 0.05) is 13.0 Å². The van der Waals surface area contributed by atoms with E-state index in [2.05, 4.69) is 26.0 Å². The molecule has 0 aromatic heterocycles. The number of ether oxygens (including phenoxy) is 2. The van der Waals surface area contributed by atoms with Crippen LogP contribution in [0.5, 0.6) is 0 Å². The number of nitrogens with two attached hydrogens (primary N) is 1. The van der Waals surface area contributed by atoms with E-state index in [9.17, 15) is 19.0 Å². The molecule has 0 aliphatic heterocycles. The minimum Gasteiger partial charge on any atom is -0.480 e. The van der Waals surface area contributed by atoms with E-state index in [1.54, 1.807) is 0 Å². The summed E-state index contributed by atoms with van der Waals surface area (Å²) < 4.78 is 33.2. The fourth-order valence-corrected chi connectivity index (χ4v) is 6.38. The molecule has 10 nitrogen and oxygen atoms in total. The lowest BCUT2D eigenvalue weighted by Gasteiger charge is -2.20. The van der Waals surface area contributed by atoms with Gasteiger partial charge in [-0.2, -0.15) is 0 Å². The van der Waals surface area contributed by atoms with Crippen LogP contribution in [0.4, 0.5) is 0 Å². The van der Waals surface area contributed by atoms with Gasteiger partial charge in [0.25, 0.3) is 0 Å². The summed E-state index contributed by atoms with van der Waals surface area (Å²) in [7, 11) is -4.61. The Morgan fingerprint density at radius 3 is 1.60 bits per heavy atom. The third-order valence-electron chi connectivity index (χ3n) is 8.78. The number of carboxylic acids is 1. The van der Waals surface area contributed by atoms with Gasteiger partial charge >= 0.3 is 19.8 Å². The van der Waals surface area contributed by atoms with E-state index in [-0.39, 0.29) is 13.0 Å². The van der Waals surface area contributed by atoms with Crippen LogP contribution in [0.15, 0.2) is 12.2 Å². The third kappa shape index (κ3) is 35.1. The summed E-state index contributed by atoms with van der Waals surface area (Å²) in [5.41, 5.74) is 5.34. The molecule has 0 saturated carbocycles. The standard InChI is InChI=1S/C39H76NO9P/c1-3-5-7-9-11-13-15-16-17-18-19-20-21-22-24-26-28-30-32-46-33-36(34-47-50(44,45)48-35-37(40)39(42)43)49-38(41)31-29-27-25-23-14-12-10-8-6-4-2/h8,10,36-37H,3-7,9,11-35,40H2,1-2H3,(H,42,43)(H,44,45)/b10-8-. The molecule has 0 spiro atoms. The van der Waals surface area contributed by atoms with Crippen molar-refractivity contribution in [1.29, 1.82) is 0 Å². The predicted octanol–water partition coefficient (Wildman–Crippen LogP) is 10.6. The second kappa shape index (κ2) is 36.1. The smallest absolute Gasteiger partial charge is 0.472 e. The maximum Gasteiger partial charge on any atom is 0.472 e. The summed E-state index contributed by atoms with van der Waals surface area (Å²) in [6, 6.07) is -1.47. The molecule has 0 saturated heterocycles. The van der Waals surface area contributed by atoms with Crippen LogP contribution in [0.25, 0.3) is 0 Å². The molecule has 11 heteroatoms. The van der Waals surface area contributed by atoms with Gasteiger partial charge in [-0.05, 0) is 32.1 Å². The van der Waals surface area contributed by atoms with Crippen LogP contribution in [0.1, 0.15) is 187 Å². The van der Waals surface area contributed by atoms with Crippen molar-refractivity contribution in [3.05, 3.63) is 12.2 Å². The van der Waals surface area contributed by atoms with Gasteiger partial charge in [0.05, 0.1) is 19.8 Å². The highest BCUT2D eigenvalue weighted by Gasteiger charge is 2.27. The quantitative estimate of drug-likeness (QED) is 0.0240. The Kier molecular flexibility index (Phi) is 35.2. The fraction of sp³-hybridized carbons (Fsp3) is 0.897. The van der Waals surface area contributed by atoms with Crippen molar-refractivity contribution in [3.63, 3.8) is 0 Å².